The number of hydrogen-bond acceptors (Lipinski definition) is 2. The Morgan fingerprint density at radius 1 is 0.913 bits per heavy atom. The van der Waals surface area contributed by atoms with Gasteiger partial charge in [-0.1, -0.05) is 46.3 Å². The summed E-state index contributed by atoms with van der Waals surface area (Å²) in [5.74, 6) is -0.0690. The van der Waals surface area contributed by atoms with Crippen molar-refractivity contribution in [2.24, 2.45) is 0 Å². The van der Waals surface area contributed by atoms with Crippen molar-refractivity contribution in [3.05, 3.63) is 71.2 Å². The number of halogens is 1. The van der Waals surface area contributed by atoms with Crippen molar-refractivity contribution in [3.63, 3.8) is 0 Å². The van der Waals surface area contributed by atoms with E-state index in [1.165, 1.54) is 5.39 Å². The molecular weight excluding hydrogens is 352 g/mol. The summed E-state index contributed by atoms with van der Waals surface area (Å²) < 4.78 is 0.984. The molecule has 3 aromatic rings. The molecule has 0 aliphatic rings. The van der Waals surface area contributed by atoms with E-state index in [-0.39, 0.29) is 11.9 Å². The summed E-state index contributed by atoms with van der Waals surface area (Å²) in [6.45, 7) is 1.85. The minimum Gasteiger partial charge on any atom is -0.374 e. The van der Waals surface area contributed by atoms with Gasteiger partial charge in [0.25, 0.3) is 0 Å². The third-order valence-electron chi connectivity index (χ3n) is 3.64. The Kier molecular flexibility index (Phi) is 4.63. The molecule has 23 heavy (non-hydrogen) atoms. The van der Waals surface area contributed by atoms with Crippen molar-refractivity contribution < 1.29 is 4.79 Å². The topological polar surface area (TPSA) is 41.1 Å². The molecule has 0 bridgehead atoms. The standard InChI is InChI=1S/C19H17BrN2O/c1-13(19(23)22-17-10-7-16(20)8-11-17)21-18-9-6-14-4-2-3-5-15(14)12-18/h2-13,21H,1H3,(H,22,23). The van der Waals surface area contributed by atoms with Gasteiger partial charge < -0.3 is 10.6 Å². The van der Waals surface area contributed by atoms with Crippen LogP contribution in [0.1, 0.15) is 6.92 Å². The van der Waals surface area contributed by atoms with Gasteiger partial charge in [0.05, 0.1) is 0 Å². The van der Waals surface area contributed by atoms with Crippen LogP contribution in [-0.2, 0) is 4.79 Å². The largest absolute Gasteiger partial charge is 0.374 e. The van der Waals surface area contributed by atoms with Crippen LogP contribution in [0.4, 0.5) is 11.4 Å². The highest BCUT2D eigenvalue weighted by Gasteiger charge is 2.12. The van der Waals surface area contributed by atoms with Crippen LogP contribution in [0.2, 0.25) is 0 Å². The maximum absolute atomic E-state index is 12.3. The maximum atomic E-state index is 12.3. The van der Waals surface area contributed by atoms with Crippen molar-refractivity contribution in [1.29, 1.82) is 0 Å². The molecule has 2 N–H and O–H groups in total. The first-order valence-corrected chi connectivity index (χ1v) is 8.23. The molecule has 4 heteroatoms. The molecule has 0 saturated heterocycles. The number of amides is 1. The highest BCUT2D eigenvalue weighted by atomic mass is 79.9. The molecule has 0 radical (unpaired) electrons. The molecule has 0 fully saturated rings. The molecule has 1 atom stereocenters. The Balaban J connectivity index is 1.68. The lowest BCUT2D eigenvalue weighted by Gasteiger charge is -2.16. The SMILES string of the molecule is CC(Nc1ccc2ccccc2c1)C(=O)Nc1ccc(Br)cc1. The number of anilines is 2. The van der Waals surface area contributed by atoms with E-state index >= 15 is 0 Å². The zero-order valence-corrected chi connectivity index (χ0v) is 14.3. The third-order valence-corrected chi connectivity index (χ3v) is 4.17. The first kappa shape index (κ1) is 15.6. The minimum absolute atomic E-state index is 0.0690. The minimum atomic E-state index is -0.334. The second-order valence-electron chi connectivity index (χ2n) is 5.42. The van der Waals surface area contributed by atoms with Crippen LogP contribution in [0.3, 0.4) is 0 Å². The van der Waals surface area contributed by atoms with Gasteiger partial charge in [0.15, 0.2) is 0 Å². The van der Waals surface area contributed by atoms with Gasteiger partial charge in [-0.2, -0.15) is 0 Å². The van der Waals surface area contributed by atoms with Crippen LogP contribution in [-0.4, -0.2) is 11.9 Å². The molecule has 0 aliphatic heterocycles. The van der Waals surface area contributed by atoms with Gasteiger partial charge in [-0.15, -0.1) is 0 Å². The first-order valence-electron chi connectivity index (χ1n) is 7.43. The Hall–Kier alpha value is -2.33. The van der Waals surface area contributed by atoms with Gasteiger partial charge in [-0.25, -0.2) is 0 Å². The number of fused-ring (bicyclic) bond motifs is 1. The molecule has 0 heterocycles. The monoisotopic (exact) mass is 368 g/mol. The van der Waals surface area contributed by atoms with E-state index in [4.69, 9.17) is 0 Å². The molecular formula is C19H17BrN2O. The second-order valence-corrected chi connectivity index (χ2v) is 6.34. The lowest BCUT2D eigenvalue weighted by atomic mass is 10.1. The van der Waals surface area contributed by atoms with Gasteiger partial charge >= 0.3 is 0 Å². The van der Waals surface area contributed by atoms with E-state index in [9.17, 15) is 4.79 Å². The van der Waals surface area contributed by atoms with Crippen LogP contribution in [0.15, 0.2) is 71.2 Å². The molecule has 3 rings (SSSR count). The fourth-order valence-corrected chi connectivity index (χ4v) is 2.64. The predicted octanol–water partition coefficient (Wildman–Crippen LogP) is 5.04. The highest BCUT2D eigenvalue weighted by molar-refractivity contribution is 9.10. The molecule has 1 amide bonds. The van der Waals surface area contributed by atoms with Crippen LogP contribution < -0.4 is 10.6 Å². The summed E-state index contributed by atoms with van der Waals surface area (Å²) >= 11 is 3.38. The molecule has 1 unspecified atom stereocenters. The summed E-state index contributed by atoms with van der Waals surface area (Å²) in [5.41, 5.74) is 1.72. The molecule has 3 aromatic carbocycles. The van der Waals surface area contributed by atoms with Crippen molar-refractivity contribution >= 4 is 44.0 Å². The van der Waals surface area contributed by atoms with Gasteiger partial charge in [0.2, 0.25) is 5.91 Å². The van der Waals surface area contributed by atoms with E-state index in [2.05, 4.69) is 50.8 Å². The Bertz CT molecular complexity index is 830. The Morgan fingerprint density at radius 3 is 2.30 bits per heavy atom. The molecule has 3 nitrogen and oxygen atoms in total. The molecule has 0 saturated carbocycles. The summed E-state index contributed by atoms with van der Waals surface area (Å²) in [6.07, 6.45) is 0. The van der Waals surface area contributed by atoms with Crippen LogP contribution >= 0.6 is 15.9 Å². The number of nitrogens with one attached hydrogen (secondary N) is 2. The second kappa shape index (κ2) is 6.84. The zero-order chi connectivity index (χ0) is 16.2. The van der Waals surface area contributed by atoms with Crippen LogP contribution in [0, 0.1) is 0 Å². The average molecular weight is 369 g/mol. The van der Waals surface area contributed by atoms with Crippen molar-refractivity contribution in [2.75, 3.05) is 10.6 Å². The Labute approximate surface area is 143 Å². The molecule has 116 valence electrons. The van der Waals surface area contributed by atoms with Crippen molar-refractivity contribution in [2.45, 2.75) is 13.0 Å². The smallest absolute Gasteiger partial charge is 0.246 e. The quantitative estimate of drug-likeness (QED) is 0.676. The molecule has 0 aromatic heterocycles. The van der Waals surface area contributed by atoms with E-state index in [0.717, 1.165) is 21.2 Å². The summed E-state index contributed by atoms with van der Waals surface area (Å²) in [4.78, 5) is 12.3. The van der Waals surface area contributed by atoms with Gasteiger partial charge in [0, 0.05) is 15.8 Å². The number of rotatable bonds is 4. The predicted molar refractivity (Wildman–Crippen MR) is 99.8 cm³/mol. The van der Waals surface area contributed by atoms with E-state index in [1.54, 1.807) is 0 Å². The normalized spacial score (nSPS) is 11.9. The fourth-order valence-electron chi connectivity index (χ4n) is 2.38. The third kappa shape index (κ3) is 3.90. The first-order chi connectivity index (χ1) is 11.1. The number of carbonyl (C=O) groups excluding carboxylic acids is 1. The molecule has 0 spiro atoms. The summed E-state index contributed by atoms with van der Waals surface area (Å²) in [5, 5.41) is 8.48. The van der Waals surface area contributed by atoms with Gasteiger partial charge in [-0.05, 0) is 54.1 Å². The number of benzene rings is 3. The lowest BCUT2D eigenvalue weighted by Crippen LogP contribution is -2.31. The van der Waals surface area contributed by atoms with E-state index in [1.807, 2.05) is 49.4 Å². The van der Waals surface area contributed by atoms with Crippen molar-refractivity contribution in [1.82, 2.24) is 0 Å². The van der Waals surface area contributed by atoms with Crippen LogP contribution in [0.5, 0.6) is 0 Å². The summed E-state index contributed by atoms with van der Waals surface area (Å²) in [7, 11) is 0. The van der Waals surface area contributed by atoms with Crippen molar-refractivity contribution in [3.8, 4) is 0 Å². The van der Waals surface area contributed by atoms with Gasteiger partial charge in [0.1, 0.15) is 6.04 Å². The van der Waals surface area contributed by atoms with Crippen LogP contribution in [0.25, 0.3) is 10.8 Å². The zero-order valence-electron chi connectivity index (χ0n) is 12.7. The lowest BCUT2D eigenvalue weighted by molar-refractivity contribution is -0.116. The average Bonchev–Trinajstić information content (AvgIpc) is 2.56. The Morgan fingerprint density at radius 2 is 1.57 bits per heavy atom. The van der Waals surface area contributed by atoms with Gasteiger partial charge in [-0.3, -0.25) is 4.79 Å². The molecule has 0 aliphatic carbocycles. The number of carbonyl (C=O) groups is 1. The maximum Gasteiger partial charge on any atom is 0.246 e. The van der Waals surface area contributed by atoms with E-state index < -0.39 is 0 Å². The highest BCUT2D eigenvalue weighted by Crippen LogP contribution is 2.20. The summed E-state index contributed by atoms with van der Waals surface area (Å²) in [6, 6.07) is 21.5. The van der Waals surface area contributed by atoms with E-state index in [0.29, 0.717) is 0 Å². The fraction of sp³-hybridized carbons (Fsp3) is 0.105. The number of hydrogen-bond donors (Lipinski definition) is 2.